The summed E-state index contributed by atoms with van der Waals surface area (Å²) < 4.78 is 0. The topological polar surface area (TPSA) is 115 Å². The van der Waals surface area contributed by atoms with Crippen LogP contribution in [0.5, 0.6) is 0 Å². The summed E-state index contributed by atoms with van der Waals surface area (Å²) >= 11 is 0. The number of benzene rings is 4. The summed E-state index contributed by atoms with van der Waals surface area (Å²) in [6.45, 7) is 0. The first-order valence-electron chi connectivity index (χ1n) is 21.3. The van der Waals surface area contributed by atoms with Gasteiger partial charge in [-0.2, -0.15) is 0 Å². The average molecular weight is 821 g/mol. The third-order valence-electron chi connectivity index (χ3n) is 12.4. The van der Waals surface area contributed by atoms with Crippen LogP contribution in [0, 0.1) is 0 Å². The Kier molecular flexibility index (Phi) is 8.04. The van der Waals surface area contributed by atoms with Crippen LogP contribution in [0.15, 0.2) is 195 Å². The zero-order valence-corrected chi connectivity index (χ0v) is 34.3. The second kappa shape index (κ2) is 14.4. The SMILES string of the molecule is c1ccc2cc(C3=c4ccc([nH]4)=C(c4cc5ccccc5cn4)c4ccc([nH]4)C(c4cc5ccccc5cn4)=c4ccc([nH]4)=C(c4cc5ccccc5cn4)c4ccc3[nH]4)ncc2c1. The molecule has 64 heavy (non-hydrogen) atoms. The fourth-order valence-corrected chi connectivity index (χ4v) is 9.31. The zero-order chi connectivity index (χ0) is 42.1. The van der Waals surface area contributed by atoms with E-state index in [4.69, 9.17) is 19.9 Å². The highest BCUT2D eigenvalue weighted by atomic mass is 14.8. The summed E-state index contributed by atoms with van der Waals surface area (Å²) in [4.78, 5) is 35.9. The molecule has 4 N–H and O–H groups in total. The summed E-state index contributed by atoms with van der Waals surface area (Å²) in [6, 6.07) is 59.2. The monoisotopic (exact) mass is 820 g/mol. The standard InChI is InChI=1S/C56H36N8/c1-5-13-37-29-57-49(25-33(37)9-1)53-41-17-19-43(61-41)54(50-26-34-10-2-6-14-38(34)30-58-50)45-21-23-47(63-45)56(52-28-36-12-4-8-16-40(36)32-60-52)48-24-22-46(64-48)55(44-20-18-42(53)62-44)51-27-35-11-3-7-15-39(35)31-59-51/h1-32,61-64H. The lowest BCUT2D eigenvalue weighted by Crippen LogP contribution is -2.19. The second-order valence-corrected chi connectivity index (χ2v) is 16.3. The number of aromatic amines is 4. The Morgan fingerprint density at radius 2 is 0.469 bits per heavy atom. The van der Waals surface area contributed by atoms with E-state index in [1.165, 1.54) is 0 Å². The fraction of sp³-hybridized carbons (Fsp3) is 0. The van der Waals surface area contributed by atoms with Gasteiger partial charge in [0.2, 0.25) is 0 Å². The molecular weight excluding hydrogens is 785 g/mol. The second-order valence-electron chi connectivity index (χ2n) is 16.3. The summed E-state index contributed by atoms with van der Waals surface area (Å²) in [7, 11) is 0. The van der Waals surface area contributed by atoms with Crippen LogP contribution in [0.1, 0.15) is 45.6 Å². The molecule has 0 radical (unpaired) electrons. The van der Waals surface area contributed by atoms with Crippen LogP contribution >= 0.6 is 0 Å². The van der Waals surface area contributed by atoms with Crippen molar-refractivity contribution >= 4 is 65.4 Å². The predicted molar refractivity (Wildman–Crippen MR) is 255 cm³/mol. The van der Waals surface area contributed by atoms with Crippen molar-refractivity contribution in [2.24, 2.45) is 0 Å². The predicted octanol–water partition coefficient (Wildman–Crippen LogP) is 8.49. The lowest BCUT2D eigenvalue weighted by atomic mass is 10.0. The first-order chi connectivity index (χ1) is 31.7. The molecule has 8 bridgehead atoms. The van der Waals surface area contributed by atoms with E-state index in [0.29, 0.717) is 0 Å². The van der Waals surface area contributed by atoms with Crippen molar-refractivity contribution in [1.82, 2.24) is 39.9 Å². The maximum Gasteiger partial charge on any atom is 0.0750 e. The molecule has 4 aromatic carbocycles. The molecule has 300 valence electrons. The number of hydrogen-bond acceptors (Lipinski definition) is 4. The number of nitrogens with one attached hydrogen (secondary N) is 4. The van der Waals surface area contributed by atoms with Crippen molar-refractivity contribution in [3.05, 3.63) is 262 Å². The molecule has 0 amide bonds. The molecule has 1 aliphatic rings. The van der Waals surface area contributed by atoms with Crippen molar-refractivity contribution in [3.63, 3.8) is 0 Å². The third kappa shape index (κ3) is 6.00. The maximum absolute atomic E-state index is 5.09. The van der Waals surface area contributed by atoms with E-state index in [9.17, 15) is 0 Å². The van der Waals surface area contributed by atoms with Gasteiger partial charge in [-0.05, 0) is 94.3 Å². The highest BCUT2D eigenvalue weighted by Gasteiger charge is 2.21. The minimum absolute atomic E-state index is 0.837. The van der Waals surface area contributed by atoms with Crippen LogP contribution in [0.3, 0.4) is 0 Å². The highest BCUT2D eigenvalue weighted by molar-refractivity contribution is 5.91. The molecular formula is C56H36N8. The van der Waals surface area contributed by atoms with Gasteiger partial charge in [-0.3, -0.25) is 19.9 Å². The number of rotatable bonds is 4. The zero-order valence-electron chi connectivity index (χ0n) is 34.3. The first kappa shape index (κ1) is 35.8. The van der Waals surface area contributed by atoms with Gasteiger partial charge in [-0.25, -0.2) is 0 Å². The van der Waals surface area contributed by atoms with Crippen LogP contribution in [0.25, 0.3) is 65.4 Å². The summed E-state index contributed by atoms with van der Waals surface area (Å²) in [5.41, 5.74) is 10.7. The van der Waals surface area contributed by atoms with Crippen molar-refractivity contribution in [3.8, 4) is 0 Å². The van der Waals surface area contributed by atoms with Crippen LogP contribution in [0.4, 0.5) is 0 Å². The van der Waals surface area contributed by atoms with Gasteiger partial charge >= 0.3 is 0 Å². The number of nitrogens with zero attached hydrogens (tertiary/aromatic N) is 4. The van der Waals surface area contributed by atoms with Crippen LogP contribution in [-0.4, -0.2) is 39.9 Å². The summed E-state index contributed by atoms with van der Waals surface area (Å²) in [5.74, 6) is 0. The summed E-state index contributed by atoms with van der Waals surface area (Å²) in [6.07, 6.45) is 7.82. The highest BCUT2D eigenvalue weighted by Crippen LogP contribution is 2.30. The Bertz CT molecular complexity index is 3580. The van der Waals surface area contributed by atoms with Crippen LogP contribution < -0.4 is 21.4 Å². The fourth-order valence-electron chi connectivity index (χ4n) is 9.31. The van der Waals surface area contributed by atoms with Gasteiger partial charge in [0.05, 0.1) is 66.9 Å². The van der Waals surface area contributed by atoms with Crippen molar-refractivity contribution in [2.75, 3.05) is 0 Å². The van der Waals surface area contributed by atoms with Gasteiger partial charge in [-0.1, -0.05) is 97.1 Å². The van der Waals surface area contributed by atoms with E-state index in [2.05, 4.69) is 166 Å². The molecule has 9 heterocycles. The van der Waals surface area contributed by atoms with E-state index in [1.807, 2.05) is 49.1 Å². The first-order valence-corrected chi connectivity index (χ1v) is 21.3. The number of pyridine rings is 4. The Labute approximate surface area is 365 Å². The molecule has 12 aromatic rings. The molecule has 8 heteroatoms. The normalized spacial score (nSPS) is 12.9. The van der Waals surface area contributed by atoms with Crippen LogP contribution in [-0.2, 0) is 0 Å². The Balaban J connectivity index is 1.16. The van der Waals surface area contributed by atoms with E-state index in [0.717, 1.165) is 132 Å². The molecule has 8 aromatic heterocycles. The minimum Gasteiger partial charge on any atom is -0.354 e. The number of fused-ring (bicyclic) bond motifs is 12. The maximum atomic E-state index is 5.09. The molecule has 13 rings (SSSR count). The minimum atomic E-state index is 0.837. The third-order valence-corrected chi connectivity index (χ3v) is 12.4. The molecule has 8 nitrogen and oxygen atoms in total. The van der Waals surface area contributed by atoms with E-state index >= 15 is 0 Å². The quantitative estimate of drug-likeness (QED) is 0.143. The molecule has 1 aliphatic heterocycles. The Morgan fingerprint density at radius 3 is 0.719 bits per heavy atom. The Morgan fingerprint density at radius 1 is 0.234 bits per heavy atom. The van der Waals surface area contributed by atoms with Gasteiger partial charge in [0.25, 0.3) is 0 Å². The molecule has 0 atom stereocenters. The molecule has 0 fully saturated rings. The molecule has 0 aliphatic carbocycles. The van der Waals surface area contributed by atoms with E-state index in [1.54, 1.807) is 0 Å². The molecule has 0 spiro atoms. The number of aromatic nitrogens is 8. The average Bonchev–Trinajstić information content (AvgIpc) is 4.20. The van der Waals surface area contributed by atoms with Crippen molar-refractivity contribution < 1.29 is 0 Å². The molecule has 0 saturated heterocycles. The van der Waals surface area contributed by atoms with Gasteiger partial charge in [0.1, 0.15) is 0 Å². The lowest BCUT2D eigenvalue weighted by Gasteiger charge is -2.10. The van der Waals surface area contributed by atoms with Gasteiger partial charge in [0, 0.05) is 68.6 Å². The van der Waals surface area contributed by atoms with Gasteiger partial charge in [0.15, 0.2) is 0 Å². The van der Waals surface area contributed by atoms with Crippen LogP contribution in [0.2, 0.25) is 0 Å². The smallest absolute Gasteiger partial charge is 0.0750 e. The number of H-pyrrole nitrogens is 4. The summed E-state index contributed by atoms with van der Waals surface area (Å²) in [5, 5.41) is 12.4. The molecule has 0 saturated carbocycles. The lowest BCUT2D eigenvalue weighted by molar-refractivity contribution is 1.16. The molecule has 0 unspecified atom stereocenters. The number of hydrogen-bond donors (Lipinski definition) is 4. The van der Waals surface area contributed by atoms with E-state index in [-0.39, 0.29) is 0 Å². The van der Waals surface area contributed by atoms with Gasteiger partial charge in [-0.15, -0.1) is 0 Å². The van der Waals surface area contributed by atoms with Crippen molar-refractivity contribution in [2.45, 2.75) is 0 Å². The Hall–Kier alpha value is -8.88. The van der Waals surface area contributed by atoms with Crippen molar-refractivity contribution in [1.29, 1.82) is 0 Å². The largest absolute Gasteiger partial charge is 0.354 e. The van der Waals surface area contributed by atoms with E-state index < -0.39 is 0 Å². The van der Waals surface area contributed by atoms with Gasteiger partial charge < -0.3 is 19.9 Å².